The summed E-state index contributed by atoms with van der Waals surface area (Å²) in [6.07, 6.45) is -3.96. The number of carbonyl (C=O) groups is 2. The molecule has 1 amide bonds. The number of nitrogens with one attached hydrogen (secondary N) is 1. The van der Waals surface area contributed by atoms with Crippen molar-refractivity contribution in [3.8, 4) is 0 Å². The van der Waals surface area contributed by atoms with Crippen LogP contribution in [0.15, 0.2) is 54.6 Å². The third kappa shape index (κ3) is 5.31. The lowest BCUT2D eigenvalue weighted by Crippen LogP contribution is -2.29. The summed E-state index contributed by atoms with van der Waals surface area (Å²) in [5.74, 6) is -1.26. The average Bonchev–Trinajstić information content (AvgIpc) is 3.16. The Hall–Kier alpha value is -3.17. The van der Waals surface area contributed by atoms with Gasteiger partial charge in [0, 0.05) is 30.1 Å². The average molecular weight is 489 g/mol. The van der Waals surface area contributed by atoms with Gasteiger partial charge in [0.1, 0.15) is 5.00 Å². The minimum absolute atomic E-state index is 0.137. The lowest BCUT2D eigenvalue weighted by molar-refractivity contribution is -0.137. The van der Waals surface area contributed by atoms with E-state index in [2.05, 4.69) is 22.3 Å². The highest BCUT2D eigenvalue weighted by atomic mass is 32.1. The Morgan fingerprint density at radius 3 is 2.59 bits per heavy atom. The number of alkyl halides is 3. The number of anilines is 1. The molecule has 0 atom stereocenters. The molecule has 34 heavy (non-hydrogen) atoms. The second-order valence-corrected chi connectivity index (χ2v) is 9.01. The van der Waals surface area contributed by atoms with Crippen molar-refractivity contribution in [1.82, 2.24) is 4.90 Å². The lowest BCUT2D eigenvalue weighted by atomic mass is 10.0. The largest absolute Gasteiger partial charge is 0.462 e. The van der Waals surface area contributed by atoms with Crippen molar-refractivity contribution in [3.63, 3.8) is 0 Å². The lowest BCUT2D eigenvalue weighted by Gasteiger charge is -2.27. The number of ether oxygens (including phenoxy) is 1. The molecule has 5 nitrogen and oxygen atoms in total. The molecule has 0 aliphatic carbocycles. The number of fused-ring (bicyclic) bond motifs is 1. The molecule has 2 heterocycles. The molecule has 9 heteroatoms. The molecule has 3 aromatic rings. The van der Waals surface area contributed by atoms with Gasteiger partial charge in [0.15, 0.2) is 0 Å². The molecule has 0 unspecified atom stereocenters. The molecule has 4 rings (SSSR count). The smallest absolute Gasteiger partial charge is 0.416 e. The number of rotatable bonds is 6. The Morgan fingerprint density at radius 1 is 1.12 bits per heavy atom. The highest BCUT2D eigenvalue weighted by Crippen LogP contribution is 2.38. The Balaban J connectivity index is 1.60. The number of thiophene rings is 1. The summed E-state index contributed by atoms with van der Waals surface area (Å²) in [6, 6.07) is 14.2. The van der Waals surface area contributed by atoms with E-state index in [-0.39, 0.29) is 12.2 Å². The Labute approximate surface area is 199 Å². The van der Waals surface area contributed by atoms with E-state index in [1.54, 1.807) is 6.92 Å². The highest BCUT2D eigenvalue weighted by Gasteiger charge is 2.32. The summed E-state index contributed by atoms with van der Waals surface area (Å²) in [5, 5.41) is 2.96. The molecule has 0 radical (unpaired) electrons. The van der Waals surface area contributed by atoms with Crippen LogP contribution >= 0.6 is 11.3 Å². The first kappa shape index (κ1) is 24.0. The van der Waals surface area contributed by atoms with Gasteiger partial charge < -0.3 is 10.1 Å². The fraction of sp³-hybridized carbons (Fsp3) is 0.280. The van der Waals surface area contributed by atoms with E-state index in [9.17, 15) is 22.8 Å². The first-order valence-corrected chi connectivity index (χ1v) is 11.6. The molecule has 1 aliphatic rings. The second kappa shape index (κ2) is 9.99. The van der Waals surface area contributed by atoms with Crippen molar-refractivity contribution in [2.24, 2.45) is 0 Å². The summed E-state index contributed by atoms with van der Waals surface area (Å²) in [5.41, 5.74) is 1.24. The standard InChI is InChI=1S/C25H23F3N2O3S/c1-2-33-24(32)21-19-11-12-30(14-16-7-4-3-5-8-16)15-20(19)34-23(21)29-22(31)17-9-6-10-18(13-17)25(26,27)28/h3-10,13H,2,11-12,14-15H2,1H3,(H,29,31). The summed E-state index contributed by atoms with van der Waals surface area (Å²) >= 11 is 1.27. The molecule has 0 saturated carbocycles. The Kier molecular flexibility index (Phi) is 7.04. The fourth-order valence-electron chi connectivity index (χ4n) is 3.95. The van der Waals surface area contributed by atoms with Gasteiger partial charge in [-0.2, -0.15) is 13.2 Å². The van der Waals surface area contributed by atoms with Crippen LogP contribution in [-0.4, -0.2) is 29.9 Å². The predicted octanol–water partition coefficient (Wildman–Crippen LogP) is 5.75. The molecule has 0 saturated heterocycles. The molecule has 0 spiro atoms. The minimum atomic E-state index is -4.56. The number of amides is 1. The summed E-state index contributed by atoms with van der Waals surface area (Å²) in [4.78, 5) is 28.7. The first-order valence-electron chi connectivity index (χ1n) is 10.8. The van der Waals surface area contributed by atoms with Crippen molar-refractivity contribution >= 4 is 28.2 Å². The molecule has 1 aliphatic heterocycles. The number of hydrogen-bond acceptors (Lipinski definition) is 5. The van der Waals surface area contributed by atoms with E-state index in [4.69, 9.17) is 4.74 Å². The monoisotopic (exact) mass is 488 g/mol. The SMILES string of the molecule is CCOC(=O)c1c(NC(=O)c2cccc(C(F)(F)F)c2)sc2c1CCN(Cc1ccccc1)C2. The maximum Gasteiger partial charge on any atom is 0.416 e. The summed E-state index contributed by atoms with van der Waals surface area (Å²) < 4.78 is 44.4. The van der Waals surface area contributed by atoms with Gasteiger partial charge in [-0.1, -0.05) is 36.4 Å². The Morgan fingerprint density at radius 2 is 1.88 bits per heavy atom. The second-order valence-electron chi connectivity index (χ2n) is 7.91. The predicted molar refractivity (Wildman–Crippen MR) is 124 cm³/mol. The molecule has 0 fully saturated rings. The molecule has 178 valence electrons. The van der Waals surface area contributed by atoms with Crippen LogP contribution in [0.25, 0.3) is 0 Å². The van der Waals surface area contributed by atoms with Gasteiger partial charge in [0.25, 0.3) is 5.91 Å². The van der Waals surface area contributed by atoms with Crippen molar-refractivity contribution in [2.75, 3.05) is 18.5 Å². The minimum Gasteiger partial charge on any atom is -0.462 e. The van der Waals surface area contributed by atoms with Crippen LogP contribution in [0.5, 0.6) is 0 Å². The van der Waals surface area contributed by atoms with Crippen molar-refractivity contribution in [3.05, 3.63) is 87.3 Å². The number of esters is 1. The van der Waals surface area contributed by atoms with Gasteiger partial charge >= 0.3 is 12.1 Å². The zero-order valence-corrected chi connectivity index (χ0v) is 19.3. The number of carbonyl (C=O) groups excluding carboxylic acids is 2. The molecule has 0 bridgehead atoms. The fourth-order valence-corrected chi connectivity index (χ4v) is 5.23. The van der Waals surface area contributed by atoms with Crippen LogP contribution in [0.4, 0.5) is 18.2 Å². The molecule has 2 aromatic carbocycles. The molecule has 1 N–H and O–H groups in total. The third-order valence-electron chi connectivity index (χ3n) is 5.54. The van der Waals surface area contributed by atoms with E-state index in [1.807, 2.05) is 18.2 Å². The molecular formula is C25H23F3N2O3S. The van der Waals surface area contributed by atoms with Crippen LogP contribution in [-0.2, 0) is 30.4 Å². The van der Waals surface area contributed by atoms with E-state index in [0.717, 1.165) is 35.7 Å². The van der Waals surface area contributed by atoms with Crippen LogP contribution < -0.4 is 5.32 Å². The van der Waals surface area contributed by atoms with Gasteiger partial charge in [-0.05, 0) is 42.7 Å². The number of hydrogen-bond donors (Lipinski definition) is 1. The van der Waals surface area contributed by atoms with Crippen molar-refractivity contribution in [2.45, 2.75) is 32.6 Å². The van der Waals surface area contributed by atoms with Crippen molar-refractivity contribution < 1.29 is 27.5 Å². The Bertz CT molecular complexity index is 1190. The first-order chi connectivity index (χ1) is 16.3. The van der Waals surface area contributed by atoms with E-state index < -0.39 is 23.6 Å². The number of nitrogens with zero attached hydrogens (tertiary/aromatic N) is 1. The maximum absolute atomic E-state index is 13.1. The maximum atomic E-state index is 13.1. The van der Waals surface area contributed by atoms with E-state index in [1.165, 1.54) is 29.0 Å². The normalized spacial score (nSPS) is 13.9. The van der Waals surface area contributed by atoms with Crippen LogP contribution in [0.2, 0.25) is 0 Å². The zero-order chi connectivity index (χ0) is 24.3. The topological polar surface area (TPSA) is 58.6 Å². The number of halogens is 3. The van der Waals surface area contributed by atoms with Gasteiger partial charge in [-0.15, -0.1) is 11.3 Å². The zero-order valence-electron chi connectivity index (χ0n) is 18.4. The van der Waals surface area contributed by atoms with Gasteiger partial charge in [-0.25, -0.2) is 4.79 Å². The third-order valence-corrected chi connectivity index (χ3v) is 6.68. The van der Waals surface area contributed by atoms with Crippen LogP contribution in [0.1, 0.15) is 49.2 Å². The number of benzene rings is 2. The summed E-state index contributed by atoms with van der Waals surface area (Å²) in [7, 11) is 0. The van der Waals surface area contributed by atoms with E-state index in [0.29, 0.717) is 23.5 Å². The van der Waals surface area contributed by atoms with Crippen LogP contribution in [0, 0.1) is 0 Å². The van der Waals surface area contributed by atoms with E-state index >= 15 is 0 Å². The highest BCUT2D eigenvalue weighted by molar-refractivity contribution is 7.17. The quantitative estimate of drug-likeness (QED) is 0.449. The van der Waals surface area contributed by atoms with Gasteiger partial charge in [-0.3, -0.25) is 9.69 Å². The van der Waals surface area contributed by atoms with Crippen molar-refractivity contribution in [1.29, 1.82) is 0 Å². The molecular weight excluding hydrogens is 465 g/mol. The van der Waals surface area contributed by atoms with Crippen LogP contribution in [0.3, 0.4) is 0 Å². The molecule has 1 aromatic heterocycles. The van der Waals surface area contributed by atoms with Gasteiger partial charge in [0.05, 0.1) is 17.7 Å². The summed E-state index contributed by atoms with van der Waals surface area (Å²) in [6.45, 7) is 3.94. The van der Waals surface area contributed by atoms with Gasteiger partial charge in [0.2, 0.25) is 0 Å².